The Morgan fingerprint density at radius 2 is 0.433 bits per heavy atom. The van der Waals surface area contributed by atoms with Crippen LogP contribution in [0, 0.1) is 0 Å². The van der Waals surface area contributed by atoms with Crippen LogP contribution in [0.25, 0.3) is 0 Å². The van der Waals surface area contributed by atoms with Crippen molar-refractivity contribution in [2.24, 2.45) is 0 Å². The van der Waals surface area contributed by atoms with Gasteiger partial charge in [0.25, 0.3) is 0 Å². The minimum absolute atomic E-state index is 0.129. The van der Waals surface area contributed by atoms with E-state index < -0.39 is 0 Å². The third-order valence-electron chi connectivity index (χ3n) is 9.59. The van der Waals surface area contributed by atoms with Gasteiger partial charge in [0, 0.05) is 13.0 Å². The van der Waals surface area contributed by atoms with Crippen molar-refractivity contribution in [1.82, 2.24) is 0 Å². The third kappa shape index (κ3) is 55.0. The van der Waals surface area contributed by atoms with Gasteiger partial charge in [-0.15, -0.1) is 0 Å². The summed E-state index contributed by atoms with van der Waals surface area (Å²) in [6.45, 7) is 16.4. The average molecular weight is 867 g/mol. The molecule has 0 saturated carbocycles. The zero-order valence-electron chi connectivity index (χ0n) is 38.9. The van der Waals surface area contributed by atoms with Gasteiger partial charge in [-0.3, -0.25) is 4.79 Å². The van der Waals surface area contributed by atoms with Crippen LogP contribution in [0.5, 0.6) is 0 Å². The lowest BCUT2D eigenvalue weighted by Crippen LogP contribution is -2.15. The molecule has 0 atom stereocenters. The van der Waals surface area contributed by atoms with Crippen molar-refractivity contribution in [1.29, 1.82) is 0 Å². The second kappa shape index (κ2) is 56.0. The Labute approximate surface area is 367 Å². The summed E-state index contributed by atoms with van der Waals surface area (Å²) >= 11 is 0. The van der Waals surface area contributed by atoms with Gasteiger partial charge in [0.1, 0.15) is 6.61 Å². The minimum atomic E-state index is -0.129. The number of carbonyl (C=O) groups is 1. The maximum Gasteiger partial charge on any atom is 0.305 e. The van der Waals surface area contributed by atoms with E-state index in [-0.39, 0.29) is 12.6 Å². The summed E-state index contributed by atoms with van der Waals surface area (Å²) in [6.07, 6.45) is 26.5. The molecule has 13 nitrogen and oxygen atoms in total. The van der Waals surface area contributed by atoms with E-state index in [0.717, 1.165) is 25.9 Å². The normalized spacial score (nSPS) is 11.6. The van der Waals surface area contributed by atoms with Gasteiger partial charge in [0.15, 0.2) is 0 Å². The molecule has 0 aromatic carbocycles. The number of hydrogen-bond acceptors (Lipinski definition) is 13. The van der Waals surface area contributed by atoms with E-state index >= 15 is 0 Å². The van der Waals surface area contributed by atoms with Crippen molar-refractivity contribution in [2.75, 3.05) is 152 Å². The van der Waals surface area contributed by atoms with E-state index in [1.807, 2.05) is 0 Å². The van der Waals surface area contributed by atoms with E-state index in [0.29, 0.717) is 145 Å². The first-order valence-electron chi connectivity index (χ1n) is 24.3. The quantitative estimate of drug-likeness (QED) is 0.0427. The van der Waals surface area contributed by atoms with Crippen LogP contribution < -0.4 is 0 Å². The zero-order valence-corrected chi connectivity index (χ0v) is 38.9. The fraction of sp³-hybridized carbons (Fsp3) is 0.979. The highest BCUT2D eigenvalue weighted by Gasteiger charge is 2.03. The highest BCUT2D eigenvalue weighted by Crippen LogP contribution is 2.14. The van der Waals surface area contributed by atoms with Crippen LogP contribution in [0.1, 0.15) is 149 Å². The first kappa shape index (κ1) is 59.0. The van der Waals surface area contributed by atoms with Gasteiger partial charge in [-0.25, -0.2) is 0 Å². The standard InChI is InChI=1S/C47H94O13/c1-3-5-7-9-10-11-12-13-14-15-16-17-18-19-21-23-47(48)60-46-45-59-44-43-58-42-41-57-40-39-56-38-37-55-36-35-54-34-33-53-32-31-52-30-29-51-28-27-50-26-25-49-24-22-20-8-6-4-2/h3-46H2,1-2H3. The van der Waals surface area contributed by atoms with Crippen molar-refractivity contribution < 1.29 is 61.6 Å². The number of rotatable bonds is 55. The summed E-state index contributed by atoms with van der Waals surface area (Å²) in [5, 5.41) is 0. The maximum absolute atomic E-state index is 11.9. The summed E-state index contributed by atoms with van der Waals surface area (Å²) in [7, 11) is 0. The fourth-order valence-electron chi connectivity index (χ4n) is 6.04. The molecule has 0 heterocycles. The maximum atomic E-state index is 11.9. The van der Waals surface area contributed by atoms with Gasteiger partial charge in [-0.05, 0) is 12.8 Å². The molecule has 0 saturated heterocycles. The van der Waals surface area contributed by atoms with Crippen molar-refractivity contribution in [3.63, 3.8) is 0 Å². The molecule has 360 valence electrons. The lowest BCUT2D eigenvalue weighted by Gasteiger charge is -2.09. The Hall–Kier alpha value is -0.970. The largest absolute Gasteiger partial charge is 0.463 e. The first-order valence-corrected chi connectivity index (χ1v) is 24.3. The monoisotopic (exact) mass is 867 g/mol. The predicted octanol–water partition coefficient (Wildman–Crippen LogP) is 8.94. The van der Waals surface area contributed by atoms with Crippen molar-refractivity contribution >= 4 is 5.97 Å². The molecular weight excluding hydrogens is 773 g/mol. The van der Waals surface area contributed by atoms with Crippen LogP contribution in [0.15, 0.2) is 0 Å². The number of carbonyl (C=O) groups excluding carboxylic acids is 1. The average Bonchev–Trinajstić information content (AvgIpc) is 3.25. The minimum Gasteiger partial charge on any atom is -0.463 e. The summed E-state index contributed by atoms with van der Waals surface area (Å²) in [6, 6.07) is 0. The molecule has 0 aromatic rings. The van der Waals surface area contributed by atoms with Crippen LogP contribution in [0.4, 0.5) is 0 Å². The van der Waals surface area contributed by atoms with Crippen LogP contribution >= 0.6 is 0 Å². The molecule has 0 N–H and O–H groups in total. The van der Waals surface area contributed by atoms with Gasteiger partial charge in [-0.2, -0.15) is 0 Å². The third-order valence-corrected chi connectivity index (χ3v) is 9.59. The molecule has 0 aliphatic rings. The Morgan fingerprint density at radius 1 is 0.233 bits per heavy atom. The Kier molecular flexibility index (Phi) is 55.1. The summed E-state index contributed by atoms with van der Waals surface area (Å²) in [5.41, 5.74) is 0. The van der Waals surface area contributed by atoms with E-state index in [2.05, 4.69) is 13.8 Å². The summed E-state index contributed by atoms with van der Waals surface area (Å²) < 4.78 is 65.9. The Balaban J connectivity index is 3.12. The second-order valence-electron chi connectivity index (χ2n) is 15.1. The summed E-state index contributed by atoms with van der Waals surface area (Å²) in [5.74, 6) is -0.129. The molecule has 0 bridgehead atoms. The van der Waals surface area contributed by atoms with E-state index in [1.54, 1.807) is 0 Å². The molecule has 13 heteroatoms. The zero-order chi connectivity index (χ0) is 43.2. The lowest BCUT2D eigenvalue weighted by molar-refractivity contribution is -0.145. The van der Waals surface area contributed by atoms with Crippen LogP contribution in [-0.4, -0.2) is 158 Å². The lowest BCUT2D eigenvalue weighted by atomic mass is 10.0. The number of esters is 1. The SMILES string of the molecule is CCCCCCCCCCCCCCCCCC(=O)OCCOCCOCCOCCOCCOCCOCCOCCOCCOCCOCCOCCCCCCC. The smallest absolute Gasteiger partial charge is 0.305 e. The van der Waals surface area contributed by atoms with Gasteiger partial charge in [0.05, 0.1) is 139 Å². The molecule has 0 spiro atoms. The number of unbranched alkanes of at least 4 members (excludes halogenated alkanes) is 18. The first-order chi connectivity index (χ1) is 29.8. The molecule has 0 rings (SSSR count). The van der Waals surface area contributed by atoms with Crippen LogP contribution in [0.2, 0.25) is 0 Å². The van der Waals surface area contributed by atoms with Gasteiger partial charge >= 0.3 is 5.97 Å². The topological polar surface area (TPSA) is 128 Å². The molecule has 60 heavy (non-hydrogen) atoms. The van der Waals surface area contributed by atoms with Crippen LogP contribution in [-0.2, 0) is 61.6 Å². The molecule has 0 fully saturated rings. The Morgan fingerprint density at radius 3 is 0.700 bits per heavy atom. The highest BCUT2D eigenvalue weighted by molar-refractivity contribution is 5.69. The van der Waals surface area contributed by atoms with Gasteiger partial charge in [0.2, 0.25) is 0 Å². The van der Waals surface area contributed by atoms with E-state index in [9.17, 15) is 4.79 Å². The molecule has 0 radical (unpaired) electrons. The molecule has 0 amide bonds. The molecule has 0 aliphatic carbocycles. The number of ether oxygens (including phenoxy) is 12. The predicted molar refractivity (Wildman–Crippen MR) is 238 cm³/mol. The molecular formula is C47H94O13. The number of hydrogen-bond donors (Lipinski definition) is 0. The Bertz CT molecular complexity index is 780. The van der Waals surface area contributed by atoms with Gasteiger partial charge < -0.3 is 56.8 Å². The second-order valence-corrected chi connectivity index (χ2v) is 15.1. The van der Waals surface area contributed by atoms with Gasteiger partial charge in [-0.1, -0.05) is 129 Å². The molecule has 0 aliphatic heterocycles. The van der Waals surface area contributed by atoms with Crippen LogP contribution in [0.3, 0.4) is 0 Å². The van der Waals surface area contributed by atoms with Crippen molar-refractivity contribution in [3.8, 4) is 0 Å². The molecule has 0 unspecified atom stereocenters. The van der Waals surface area contributed by atoms with E-state index in [1.165, 1.54) is 109 Å². The summed E-state index contributed by atoms with van der Waals surface area (Å²) in [4.78, 5) is 11.9. The van der Waals surface area contributed by atoms with Crippen molar-refractivity contribution in [2.45, 2.75) is 149 Å². The highest BCUT2D eigenvalue weighted by atomic mass is 16.6. The fourth-order valence-corrected chi connectivity index (χ4v) is 6.04. The van der Waals surface area contributed by atoms with E-state index in [4.69, 9.17) is 56.8 Å². The van der Waals surface area contributed by atoms with Crippen molar-refractivity contribution in [3.05, 3.63) is 0 Å². The molecule has 0 aromatic heterocycles.